The van der Waals surface area contributed by atoms with Gasteiger partial charge in [0.2, 0.25) is 0 Å². The fraction of sp³-hybridized carbons (Fsp3) is 0.304. The van der Waals surface area contributed by atoms with E-state index in [2.05, 4.69) is 16.0 Å². The van der Waals surface area contributed by atoms with E-state index in [0.717, 1.165) is 0 Å². The number of anilines is 1. The van der Waals surface area contributed by atoms with E-state index in [-0.39, 0.29) is 24.1 Å². The first-order chi connectivity index (χ1) is 15.7. The molecule has 10 nitrogen and oxygen atoms in total. The smallest absolute Gasteiger partial charge is 0.338 e. The van der Waals surface area contributed by atoms with Gasteiger partial charge in [0.25, 0.3) is 11.8 Å². The van der Waals surface area contributed by atoms with Crippen LogP contribution in [-0.2, 0) is 14.3 Å². The fourth-order valence-electron chi connectivity index (χ4n) is 2.53. The summed E-state index contributed by atoms with van der Waals surface area (Å²) >= 11 is 0. The molecule has 0 aromatic heterocycles. The minimum Gasteiger partial charge on any atom is -0.497 e. The van der Waals surface area contributed by atoms with Crippen molar-refractivity contribution in [2.75, 3.05) is 19.0 Å². The molecule has 1 atom stereocenters. The number of methoxy groups -OCH3 is 1. The lowest BCUT2D eigenvalue weighted by atomic mass is 10.2. The van der Waals surface area contributed by atoms with Gasteiger partial charge < -0.3 is 24.8 Å². The maximum absolute atomic E-state index is 12.2. The van der Waals surface area contributed by atoms with Crippen LogP contribution in [0.15, 0.2) is 48.5 Å². The van der Waals surface area contributed by atoms with Crippen LogP contribution in [0.4, 0.5) is 10.5 Å². The molecule has 2 aromatic carbocycles. The van der Waals surface area contributed by atoms with E-state index in [0.29, 0.717) is 17.2 Å². The van der Waals surface area contributed by atoms with Crippen LogP contribution in [0.1, 0.15) is 31.1 Å². The van der Waals surface area contributed by atoms with Crippen molar-refractivity contribution in [1.29, 1.82) is 0 Å². The third kappa shape index (κ3) is 8.52. The Kier molecular flexibility index (Phi) is 9.22. The third-order valence-electron chi connectivity index (χ3n) is 4.12. The van der Waals surface area contributed by atoms with Crippen LogP contribution in [0, 0.1) is 0 Å². The first kappa shape index (κ1) is 25.2. The predicted octanol–water partition coefficient (Wildman–Crippen LogP) is 2.49. The Balaban J connectivity index is 1.82. The SMILES string of the molecule is COc1cccc(NC(=O)COc2ccc(C(=O)OC(C)C(=O)NC(=O)NC(C)C)cc2)c1. The van der Waals surface area contributed by atoms with Gasteiger partial charge in [-0.3, -0.25) is 14.9 Å². The molecular formula is C23H27N3O7. The second kappa shape index (κ2) is 12.1. The van der Waals surface area contributed by atoms with Gasteiger partial charge in [-0.2, -0.15) is 0 Å². The normalized spacial score (nSPS) is 11.2. The van der Waals surface area contributed by atoms with E-state index < -0.39 is 24.0 Å². The van der Waals surface area contributed by atoms with Crippen molar-refractivity contribution in [3.63, 3.8) is 0 Å². The summed E-state index contributed by atoms with van der Waals surface area (Å²) in [5.41, 5.74) is 0.746. The number of hydrogen-bond acceptors (Lipinski definition) is 7. The average molecular weight is 457 g/mol. The summed E-state index contributed by atoms with van der Waals surface area (Å²) in [6.07, 6.45) is -1.17. The number of carbonyl (C=O) groups is 4. The number of nitrogens with one attached hydrogen (secondary N) is 3. The predicted molar refractivity (Wildman–Crippen MR) is 120 cm³/mol. The molecule has 1 unspecified atom stereocenters. The Hall–Kier alpha value is -4.08. The summed E-state index contributed by atoms with van der Waals surface area (Å²) in [6.45, 7) is 4.60. The molecule has 0 aliphatic rings. The summed E-state index contributed by atoms with van der Waals surface area (Å²) < 4.78 is 15.6. The molecule has 3 N–H and O–H groups in total. The second-order valence-corrected chi connectivity index (χ2v) is 7.26. The summed E-state index contributed by atoms with van der Waals surface area (Å²) in [5, 5.41) is 7.28. The zero-order valence-electron chi connectivity index (χ0n) is 18.8. The van der Waals surface area contributed by atoms with E-state index >= 15 is 0 Å². The lowest BCUT2D eigenvalue weighted by molar-refractivity contribution is -0.128. The molecule has 0 heterocycles. The topological polar surface area (TPSA) is 132 Å². The van der Waals surface area contributed by atoms with Gasteiger partial charge >= 0.3 is 12.0 Å². The molecule has 33 heavy (non-hydrogen) atoms. The highest BCUT2D eigenvalue weighted by Crippen LogP contribution is 2.17. The van der Waals surface area contributed by atoms with Crippen molar-refractivity contribution in [3.05, 3.63) is 54.1 Å². The molecule has 176 valence electrons. The molecule has 0 spiro atoms. The number of urea groups is 1. The molecule has 0 radical (unpaired) electrons. The van der Waals surface area contributed by atoms with E-state index in [1.807, 2.05) is 0 Å². The molecule has 0 saturated heterocycles. The molecule has 2 rings (SSSR count). The third-order valence-corrected chi connectivity index (χ3v) is 4.12. The molecule has 0 aliphatic heterocycles. The van der Waals surface area contributed by atoms with Crippen molar-refractivity contribution >= 4 is 29.5 Å². The van der Waals surface area contributed by atoms with Crippen molar-refractivity contribution in [1.82, 2.24) is 10.6 Å². The number of esters is 1. The molecular weight excluding hydrogens is 430 g/mol. The zero-order valence-corrected chi connectivity index (χ0v) is 18.8. The fourth-order valence-corrected chi connectivity index (χ4v) is 2.53. The summed E-state index contributed by atoms with van der Waals surface area (Å²) in [6, 6.07) is 12.0. The first-order valence-corrected chi connectivity index (χ1v) is 10.2. The van der Waals surface area contributed by atoms with Crippen molar-refractivity contribution in [3.8, 4) is 11.5 Å². The van der Waals surface area contributed by atoms with Gasteiger partial charge in [-0.15, -0.1) is 0 Å². The average Bonchev–Trinajstić information content (AvgIpc) is 2.77. The molecule has 4 amide bonds. The first-order valence-electron chi connectivity index (χ1n) is 10.2. The lowest BCUT2D eigenvalue weighted by Gasteiger charge is -2.14. The largest absolute Gasteiger partial charge is 0.497 e. The lowest BCUT2D eigenvalue weighted by Crippen LogP contribution is -2.46. The number of carbonyl (C=O) groups excluding carboxylic acids is 4. The van der Waals surface area contributed by atoms with Crippen molar-refractivity contribution < 1.29 is 33.4 Å². The Morgan fingerprint density at radius 2 is 1.64 bits per heavy atom. The maximum Gasteiger partial charge on any atom is 0.338 e. The minimum absolute atomic E-state index is 0.149. The minimum atomic E-state index is -1.17. The van der Waals surface area contributed by atoms with Gasteiger partial charge in [0.05, 0.1) is 12.7 Å². The number of benzene rings is 2. The number of rotatable bonds is 9. The highest BCUT2D eigenvalue weighted by Gasteiger charge is 2.21. The van der Waals surface area contributed by atoms with Gasteiger partial charge in [-0.1, -0.05) is 6.07 Å². The van der Waals surface area contributed by atoms with E-state index in [9.17, 15) is 19.2 Å². The number of amides is 4. The molecule has 0 saturated carbocycles. The Labute approximate surface area is 191 Å². The van der Waals surface area contributed by atoms with Crippen LogP contribution in [0.25, 0.3) is 0 Å². The molecule has 10 heteroatoms. The van der Waals surface area contributed by atoms with E-state index in [4.69, 9.17) is 14.2 Å². The van der Waals surface area contributed by atoms with Gasteiger partial charge in [-0.25, -0.2) is 9.59 Å². The summed E-state index contributed by atoms with van der Waals surface area (Å²) in [7, 11) is 1.53. The van der Waals surface area contributed by atoms with Crippen LogP contribution < -0.4 is 25.4 Å². The molecule has 0 bridgehead atoms. The highest BCUT2D eigenvalue weighted by molar-refractivity contribution is 5.98. The van der Waals surface area contributed by atoms with Crippen LogP contribution >= 0.6 is 0 Å². The Bertz CT molecular complexity index is 990. The van der Waals surface area contributed by atoms with Gasteiger partial charge in [0, 0.05) is 17.8 Å². The number of hydrogen-bond donors (Lipinski definition) is 3. The highest BCUT2D eigenvalue weighted by atomic mass is 16.5. The van der Waals surface area contributed by atoms with Crippen molar-refractivity contribution in [2.24, 2.45) is 0 Å². The maximum atomic E-state index is 12.2. The Morgan fingerprint density at radius 1 is 0.939 bits per heavy atom. The molecule has 0 fully saturated rings. The monoisotopic (exact) mass is 457 g/mol. The van der Waals surface area contributed by atoms with E-state index in [1.54, 1.807) is 38.1 Å². The van der Waals surface area contributed by atoms with Crippen LogP contribution in [0.2, 0.25) is 0 Å². The van der Waals surface area contributed by atoms with Crippen LogP contribution in [0.5, 0.6) is 11.5 Å². The van der Waals surface area contributed by atoms with Gasteiger partial charge in [0.1, 0.15) is 11.5 Å². The van der Waals surface area contributed by atoms with Crippen LogP contribution in [0.3, 0.4) is 0 Å². The quantitative estimate of drug-likeness (QED) is 0.493. The van der Waals surface area contributed by atoms with Crippen LogP contribution in [-0.4, -0.2) is 49.7 Å². The standard InChI is InChI=1S/C23H27N3O7/c1-14(2)24-23(30)26-21(28)15(3)33-22(29)16-8-10-18(11-9-16)32-13-20(27)25-17-6-5-7-19(12-17)31-4/h5-12,14-15H,13H2,1-4H3,(H,25,27)(H2,24,26,28,30). The second-order valence-electron chi connectivity index (χ2n) is 7.26. The number of ether oxygens (including phenoxy) is 3. The van der Waals surface area contributed by atoms with Gasteiger partial charge in [0.15, 0.2) is 12.7 Å². The van der Waals surface area contributed by atoms with Gasteiger partial charge in [-0.05, 0) is 57.2 Å². The summed E-state index contributed by atoms with van der Waals surface area (Å²) in [4.78, 5) is 47.8. The number of imide groups is 1. The summed E-state index contributed by atoms with van der Waals surface area (Å²) in [5.74, 6) is -0.883. The van der Waals surface area contributed by atoms with Crippen molar-refractivity contribution in [2.45, 2.75) is 32.9 Å². The molecule has 0 aliphatic carbocycles. The zero-order chi connectivity index (χ0) is 24.4. The Morgan fingerprint density at radius 3 is 2.27 bits per heavy atom. The van der Waals surface area contributed by atoms with E-state index in [1.165, 1.54) is 38.3 Å². The molecule has 2 aromatic rings.